The predicted octanol–water partition coefficient (Wildman–Crippen LogP) is 2.94. The number of hydrogen-bond acceptors (Lipinski definition) is 3. The molecule has 0 heterocycles. The second kappa shape index (κ2) is 6.59. The van der Waals surface area contributed by atoms with Crippen LogP contribution in [-0.4, -0.2) is 24.6 Å². The van der Waals surface area contributed by atoms with Gasteiger partial charge in [0.1, 0.15) is 6.04 Å². The molecule has 0 bridgehead atoms. The maximum Gasteiger partial charge on any atom is 0.242 e. The predicted molar refractivity (Wildman–Crippen MR) is 78.5 cm³/mol. The number of ether oxygens (including phenoxy) is 1. The molecule has 0 fully saturated rings. The van der Waals surface area contributed by atoms with Crippen LogP contribution in [0, 0.1) is 5.82 Å². The smallest absolute Gasteiger partial charge is 0.242 e. The van der Waals surface area contributed by atoms with Crippen LogP contribution in [0.1, 0.15) is 34.1 Å². The number of carbonyl (C=O) groups is 1. The lowest BCUT2D eigenvalue weighted by Gasteiger charge is -2.27. The number of rotatable bonds is 6. The third-order valence-corrected chi connectivity index (χ3v) is 3.27. The van der Waals surface area contributed by atoms with E-state index in [0.29, 0.717) is 5.69 Å². The van der Waals surface area contributed by atoms with Gasteiger partial charge in [0.2, 0.25) is 5.91 Å². The van der Waals surface area contributed by atoms with E-state index < -0.39 is 11.9 Å². The topological polar surface area (TPSA) is 50.4 Å². The molecule has 0 aliphatic carbocycles. The van der Waals surface area contributed by atoms with Gasteiger partial charge in [-0.2, -0.15) is 0 Å². The van der Waals surface area contributed by atoms with Crippen LogP contribution in [0.4, 0.5) is 10.1 Å². The molecule has 2 N–H and O–H groups in total. The van der Waals surface area contributed by atoms with Gasteiger partial charge in [-0.25, -0.2) is 4.39 Å². The van der Waals surface area contributed by atoms with E-state index in [1.807, 2.05) is 20.8 Å². The van der Waals surface area contributed by atoms with Crippen LogP contribution in [0.15, 0.2) is 18.2 Å². The Balaban J connectivity index is 2.68. The summed E-state index contributed by atoms with van der Waals surface area (Å²) in [6, 6.07) is 4.07. The van der Waals surface area contributed by atoms with E-state index in [-0.39, 0.29) is 17.2 Å². The van der Waals surface area contributed by atoms with Crippen molar-refractivity contribution in [3.05, 3.63) is 24.0 Å². The first-order chi connectivity index (χ1) is 9.29. The largest absolute Gasteiger partial charge is 0.494 e. The fourth-order valence-electron chi connectivity index (χ4n) is 1.60. The second-order valence-electron chi connectivity index (χ2n) is 5.44. The average molecular weight is 282 g/mol. The van der Waals surface area contributed by atoms with Gasteiger partial charge in [-0.15, -0.1) is 0 Å². The maximum atomic E-state index is 13.6. The lowest BCUT2D eigenvalue weighted by Crippen LogP contribution is -2.48. The van der Waals surface area contributed by atoms with E-state index in [4.69, 9.17) is 4.74 Å². The van der Waals surface area contributed by atoms with Crippen molar-refractivity contribution in [2.45, 2.75) is 45.7 Å². The van der Waals surface area contributed by atoms with Gasteiger partial charge < -0.3 is 15.4 Å². The van der Waals surface area contributed by atoms with E-state index in [2.05, 4.69) is 10.6 Å². The summed E-state index contributed by atoms with van der Waals surface area (Å²) in [5.74, 6) is -0.396. The van der Waals surface area contributed by atoms with Gasteiger partial charge in [0.25, 0.3) is 0 Å². The van der Waals surface area contributed by atoms with E-state index in [1.165, 1.54) is 19.2 Å². The fraction of sp³-hybridized carbons (Fsp3) is 0.533. The number of nitrogens with one attached hydrogen (secondary N) is 2. The lowest BCUT2D eigenvalue weighted by atomic mass is 10.0. The van der Waals surface area contributed by atoms with Crippen LogP contribution in [-0.2, 0) is 4.79 Å². The SMILES string of the molecule is CCC(C)(C)NC(=O)C(C)Nc1ccc(OC)c(F)c1. The standard InChI is InChI=1S/C15H23FN2O2/c1-6-15(3,4)18-14(19)10(2)17-11-7-8-13(20-5)12(16)9-11/h7-10,17H,6H2,1-5H3,(H,18,19). The van der Waals surface area contributed by atoms with Gasteiger partial charge in [-0.1, -0.05) is 6.92 Å². The maximum absolute atomic E-state index is 13.6. The third-order valence-electron chi connectivity index (χ3n) is 3.27. The molecule has 1 aromatic rings. The first-order valence-corrected chi connectivity index (χ1v) is 6.71. The van der Waals surface area contributed by atoms with Gasteiger partial charge >= 0.3 is 0 Å². The Hall–Kier alpha value is -1.78. The molecule has 5 heteroatoms. The number of benzene rings is 1. The van der Waals surface area contributed by atoms with Gasteiger partial charge in [0.15, 0.2) is 11.6 Å². The molecule has 1 atom stereocenters. The number of anilines is 1. The Morgan fingerprint density at radius 3 is 2.60 bits per heavy atom. The molecular weight excluding hydrogens is 259 g/mol. The Bertz CT molecular complexity index is 475. The molecule has 1 unspecified atom stereocenters. The molecule has 20 heavy (non-hydrogen) atoms. The van der Waals surface area contributed by atoms with Crippen LogP contribution >= 0.6 is 0 Å². The van der Waals surface area contributed by atoms with E-state index in [9.17, 15) is 9.18 Å². The highest BCUT2D eigenvalue weighted by atomic mass is 19.1. The molecule has 0 aliphatic heterocycles. The van der Waals surface area contributed by atoms with Gasteiger partial charge in [0, 0.05) is 17.3 Å². The molecule has 112 valence electrons. The van der Waals surface area contributed by atoms with Crippen LogP contribution in [0.5, 0.6) is 5.75 Å². The fourth-order valence-corrected chi connectivity index (χ4v) is 1.60. The van der Waals surface area contributed by atoms with Crippen molar-refractivity contribution in [2.75, 3.05) is 12.4 Å². The zero-order valence-electron chi connectivity index (χ0n) is 12.7. The van der Waals surface area contributed by atoms with Crippen molar-refractivity contribution in [1.82, 2.24) is 5.32 Å². The summed E-state index contributed by atoms with van der Waals surface area (Å²) < 4.78 is 18.4. The van der Waals surface area contributed by atoms with Crippen LogP contribution in [0.2, 0.25) is 0 Å². The molecule has 0 spiro atoms. The highest BCUT2D eigenvalue weighted by Crippen LogP contribution is 2.21. The third kappa shape index (κ3) is 4.40. The normalized spacial score (nSPS) is 12.7. The monoisotopic (exact) mass is 282 g/mol. The molecule has 1 rings (SSSR count). The summed E-state index contributed by atoms with van der Waals surface area (Å²) in [4.78, 5) is 12.0. The van der Waals surface area contributed by atoms with Crippen molar-refractivity contribution < 1.29 is 13.9 Å². The second-order valence-corrected chi connectivity index (χ2v) is 5.44. The summed E-state index contributed by atoms with van der Waals surface area (Å²) in [6.07, 6.45) is 0.836. The first-order valence-electron chi connectivity index (χ1n) is 6.71. The summed E-state index contributed by atoms with van der Waals surface area (Å²) in [7, 11) is 1.41. The van der Waals surface area contributed by atoms with Gasteiger partial charge in [-0.3, -0.25) is 4.79 Å². The minimum atomic E-state index is -0.459. The lowest BCUT2D eigenvalue weighted by molar-refractivity contribution is -0.123. The number of hydrogen-bond donors (Lipinski definition) is 2. The van der Waals surface area contributed by atoms with E-state index in [1.54, 1.807) is 13.0 Å². The number of amides is 1. The van der Waals surface area contributed by atoms with Crippen molar-refractivity contribution in [2.24, 2.45) is 0 Å². The Kier molecular flexibility index (Phi) is 5.36. The molecule has 0 saturated heterocycles. The molecule has 0 aromatic heterocycles. The Morgan fingerprint density at radius 1 is 1.45 bits per heavy atom. The molecule has 0 saturated carbocycles. The Labute approximate surface area is 119 Å². The molecule has 0 radical (unpaired) electrons. The van der Waals surface area contributed by atoms with Gasteiger partial charge in [0.05, 0.1) is 7.11 Å². The first kappa shape index (κ1) is 16.3. The molecule has 4 nitrogen and oxygen atoms in total. The van der Waals surface area contributed by atoms with E-state index >= 15 is 0 Å². The molecule has 0 aliphatic rings. The average Bonchev–Trinajstić information content (AvgIpc) is 2.38. The van der Waals surface area contributed by atoms with Crippen LogP contribution in [0.25, 0.3) is 0 Å². The highest BCUT2D eigenvalue weighted by molar-refractivity contribution is 5.84. The summed E-state index contributed by atoms with van der Waals surface area (Å²) in [5, 5.41) is 5.92. The number of methoxy groups -OCH3 is 1. The van der Waals surface area contributed by atoms with E-state index in [0.717, 1.165) is 6.42 Å². The number of halogens is 1. The zero-order chi connectivity index (χ0) is 15.3. The molecule has 1 amide bonds. The van der Waals surface area contributed by atoms with Gasteiger partial charge in [-0.05, 0) is 39.3 Å². The molecular formula is C15H23FN2O2. The summed E-state index contributed by atoms with van der Waals surface area (Å²) >= 11 is 0. The van der Waals surface area contributed by atoms with Crippen LogP contribution < -0.4 is 15.4 Å². The number of carbonyl (C=O) groups excluding carboxylic acids is 1. The minimum absolute atomic E-state index is 0.118. The van der Waals surface area contributed by atoms with Crippen molar-refractivity contribution >= 4 is 11.6 Å². The molecule has 1 aromatic carbocycles. The van der Waals surface area contributed by atoms with Crippen molar-refractivity contribution in [3.63, 3.8) is 0 Å². The minimum Gasteiger partial charge on any atom is -0.494 e. The summed E-state index contributed by atoms with van der Waals surface area (Å²) in [6.45, 7) is 7.68. The van der Waals surface area contributed by atoms with Crippen LogP contribution in [0.3, 0.4) is 0 Å². The van der Waals surface area contributed by atoms with Crippen molar-refractivity contribution in [3.8, 4) is 5.75 Å². The van der Waals surface area contributed by atoms with Crippen molar-refractivity contribution in [1.29, 1.82) is 0 Å². The Morgan fingerprint density at radius 2 is 2.10 bits per heavy atom. The quantitative estimate of drug-likeness (QED) is 0.843. The highest BCUT2D eigenvalue weighted by Gasteiger charge is 2.21. The summed E-state index contributed by atoms with van der Waals surface area (Å²) in [5.41, 5.74) is 0.290. The zero-order valence-corrected chi connectivity index (χ0v) is 12.7.